The van der Waals surface area contributed by atoms with Crippen molar-refractivity contribution in [1.82, 2.24) is 14.5 Å². The van der Waals surface area contributed by atoms with Gasteiger partial charge >= 0.3 is 0 Å². The minimum absolute atomic E-state index is 0.114. The van der Waals surface area contributed by atoms with Gasteiger partial charge in [0.25, 0.3) is 0 Å². The number of likely N-dealkylation sites (tertiary alicyclic amines) is 1. The predicted molar refractivity (Wildman–Crippen MR) is 84.6 cm³/mol. The van der Waals surface area contributed by atoms with Gasteiger partial charge in [-0.1, -0.05) is 6.42 Å². The monoisotopic (exact) mass is 305 g/mol. The summed E-state index contributed by atoms with van der Waals surface area (Å²) in [6.45, 7) is 5.45. The Morgan fingerprint density at radius 3 is 2.95 bits per heavy atom. The molecule has 1 saturated carbocycles. The lowest BCUT2D eigenvalue weighted by Crippen LogP contribution is -2.41. The van der Waals surface area contributed by atoms with Crippen LogP contribution < -0.4 is 0 Å². The number of aromatic nitrogens is 2. The van der Waals surface area contributed by atoms with Gasteiger partial charge in [0, 0.05) is 44.6 Å². The molecule has 2 heterocycles. The van der Waals surface area contributed by atoms with Crippen LogP contribution in [0.15, 0.2) is 12.4 Å². The van der Waals surface area contributed by atoms with E-state index < -0.39 is 0 Å². The molecule has 2 aliphatic rings. The van der Waals surface area contributed by atoms with E-state index in [9.17, 15) is 4.79 Å². The summed E-state index contributed by atoms with van der Waals surface area (Å²) in [5.74, 6) is 2.48. The molecule has 1 aromatic heterocycles. The van der Waals surface area contributed by atoms with Crippen LogP contribution in [0.5, 0.6) is 0 Å². The van der Waals surface area contributed by atoms with E-state index in [1.165, 1.54) is 25.1 Å². The van der Waals surface area contributed by atoms with Crippen LogP contribution >= 0.6 is 0 Å². The number of imidazole rings is 1. The van der Waals surface area contributed by atoms with Gasteiger partial charge in [-0.15, -0.1) is 0 Å². The number of ether oxygens (including phenoxy) is 1. The molecule has 0 N–H and O–H groups in total. The third kappa shape index (κ3) is 3.51. The number of amides is 1. The molecular weight excluding hydrogens is 278 g/mol. The van der Waals surface area contributed by atoms with Gasteiger partial charge in [0.2, 0.25) is 5.91 Å². The van der Waals surface area contributed by atoms with Crippen LogP contribution in [0.25, 0.3) is 0 Å². The Bertz CT molecular complexity index is 496. The molecular formula is C17H27N3O2. The summed E-state index contributed by atoms with van der Waals surface area (Å²) in [6.07, 6.45) is 10.3. The first-order valence-corrected chi connectivity index (χ1v) is 8.64. The summed E-state index contributed by atoms with van der Waals surface area (Å²) in [5, 5.41) is 0. The molecule has 5 heteroatoms. The van der Waals surface area contributed by atoms with Crippen molar-refractivity contribution in [3.05, 3.63) is 18.2 Å². The standard InChI is InChI=1S/C17H27N3O2/c1-2-22-13-16(21)19-9-4-7-15(12-19)17-18-8-10-20(17)11-14-5-3-6-14/h8,10,14-15H,2-7,9,11-13H2,1H3/t15-/m1/s1. The fourth-order valence-electron chi connectivity index (χ4n) is 3.48. The van der Waals surface area contributed by atoms with E-state index in [0.717, 1.165) is 38.4 Å². The first-order valence-electron chi connectivity index (χ1n) is 8.64. The van der Waals surface area contributed by atoms with Crippen molar-refractivity contribution in [3.8, 4) is 0 Å². The second-order valence-electron chi connectivity index (χ2n) is 6.55. The van der Waals surface area contributed by atoms with Gasteiger partial charge in [0.15, 0.2) is 0 Å². The van der Waals surface area contributed by atoms with Gasteiger partial charge < -0.3 is 14.2 Å². The number of nitrogens with zero attached hydrogens (tertiary/aromatic N) is 3. The summed E-state index contributed by atoms with van der Waals surface area (Å²) < 4.78 is 7.59. The molecule has 0 aromatic carbocycles. The third-order valence-corrected chi connectivity index (χ3v) is 5.00. The van der Waals surface area contributed by atoms with Crippen molar-refractivity contribution in [3.63, 3.8) is 0 Å². The molecule has 0 unspecified atom stereocenters. The van der Waals surface area contributed by atoms with Crippen LogP contribution in [0, 0.1) is 5.92 Å². The van der Waals surface area contributed by atoms with Gasteiger partial charge in [-0.25, -0.2) is 4.98 Å². The zero-order chi connectivity index (χ0) is 15.4. The predicted octanol–water partition coefficient (Wildman–Crippen LogP) is 2.43. The molecule has 2 fully saturated rings. The van der Waals surface area contributed by atoms with Crippen LogP contribution in [0.2, 0.25) is 0 Å². The number of hydrogen-bond acceptors (Lipinski definition) is 3. The Labute approximate surface area is 132 Å². The summed E-state index contributed by atoms with van der Waals surface area (Å²) >= 11 is 0. The molecule has 1 aliphatic heterocycles. The summed E-state index contributed by atoms with van der Waals surface area (Å²) in [6, 6.07) is 0. The van der Waals surface area contributed by atoms with Crippen LogP contribution in [0.1, 0.15) is 50.8 Å². The summed E-state index contributed by atoms with van der Waals surface area (Å²) in [5.41, 5.74) is 0. The normalized spacial score (nSPS) is 22.6. The lowest BCUT2D eigenvalue weighted by Gasteiger charge is -2.33. The minimum atomic E-state index is 0.114. The molecule has 1 aliphatic carbocycles. The molecule has 3 rings (SSSR count). The lowest BCUT2D eigenvalue weighted by molar-refractivity contribution is -0.137. The molecule has 1 amide bonds. The molecule has 0 bridgehead atoms. The fourth-order valence-corrected chi connectivity index (χ4v) is 3.48. The lowest BCUT2D eigenvalue weighted by atomic mass is 9.85. The number of carbonyl (C=O) groups excluding carboxylic acids is 1. The number of piperidine rings is 1. The highest BCUT2D eigenvalue weighted by Gasteiger charge is 2.28. The summed E-state index contributed by atoms with van der Waals surface area (Å²) in [4.78, 5) is 18.7. The zero-order valence-corrected chi connectivity index (χ0v) is 13.5. The van der Waals surface area contributed by atoms with Crippen molar-refractivity contribution >= 4 is 5.91 Å². The molecule has 0 spiro atoms. The van der Waals surface area contributed by atoms with Crippen molar-refractivity contribution in [2.45, 2.75) is 51.5 Å². The third-order valence-electron chi connectivity index (χ3n) is 5.00. The number of hydrogen-bond donors (Lipinski definition) is 0. The number of rotatable bonds is 6. The van der Waals surface area contributed by atoms with E-state index in [1.54, 1.807) is 0 Å². The van der Waals surface area contributed by atoms with Gasteiger partial charge in [-0.3, -0.25) is 4.79 Å². The van der Waals surface area contributed by atoms with Crippen LogP contribution in [-0.2, 0) is 16.1 Å². The largest absolute Gasteiger partial charge is 0.372 e. The quantitative estimate of drug-likeness (QED) is 0.811. The SMILES string of the molecule is CCOCC(=O)N1CCC[C@@H](c2nccn2CC2CCC2)C1. The Hall–Kier alpha value is -1.36. The second-order valence-corrected chi connectivity index (χ2v) is 6.55. The molecule has 0 radical (unpaired) electrons. The maximum atomic E-state index is 12.2. The van der Waals surface area contributed by atoms with E-state index >= 15 is 0 Å². The highest BCUT2D eigenvalue weighted by molar-refractivity contribution is 5.77. The zero-order valence-electron chi connectivity index (χ0n) is 13.5. The minimum Gasteiger partial charge on any atom is -0.372 e. The molecule has 1 atom stereocenters. The smallest absolute Gasteiger partial charge is 0.248 e. The Morgan fingerprint density at radius 2 is 2.23 bits per heavy atom. The molecule has 1 saturated heterocycles. The average Bonchev–Trinajstić information content (AvgIpc) is 2.97. The topological polar surface area (TPSA) is 47.4 Å². The van der Waals surface area contributed by atoms with Gasteiger partial charge in [-0.2, -0.15) is 0 Å². The van der Waals surface area contributed by atoms with Crippen molar-refractivity contribution in [2.24, 2.45) is 5.92 Å². The first kappa shape index (κ1) is 15.5. The molecule has 122 valence electrons. The van der Waals surface area contributed by atoms with Gasteiger partial charge in [0.1, 0.15) is 12.4 Å². The Balaban J connectivity index is 1.61. The van der Waals surface area contributed by atoms with Crippen molar-refractivity contribution in [2.75, 3.05) is 26.3 Å². The average molecular weight is 305 g/mol. The molecule has 22 heavy (non-hydrogen) atoms. The maximum absolute atomic E-state index is 12.2. The van der Waals surface area contributed by atoms with E-state index in [0.29, 0.717) is 12.5 Å². The van der Waals surface area contributed by atoms with Crippen molar-refractivity contribution in [1.29, 1.82) is 0 Å². The van der Waals surface area contributed by atoms with Crippen LogP contribution in [0.4, 0.5) is 0 Å². The van der Waals surface area contributed by atoms with E-state index in [2.05, 4.69) is 15.7 Å². The molecule has 5 nitrogen and oxygen atoms in total. The van der Waals surface area contributed by atoms with Gasteiger partial charge in [-0.05, 0) is 38.5 Å². The maximum Gasteiger partial charge on any atom is 0.248 e. The highest BCUT2D eigenvalue weighted by Crippen LogP contribution is 2.31. The summed E-state index contributed by atoms with van der Waals surface area (Å²) in [7, 11) is 0. The second kappa shape index (κ2) is 7.27. The van der Waals surface area contributed by atoms with Crippen molar-refractivity contribution < 1.29 is 9.53 Å². The first-order chi connectivity index (χ1) is 10.8. The van der Waals surface area contributed by atoms with Gasteiger partial charge in [0.05, 0.1) is 0 Å². The van der Waals surface area contributed by atoms with E-state index in [-0.39, 0.29) is 12.5 Å². The highest BCUT2D eigenvalue weighted by atomic mass is 16.5. The Morgan fingerprint density at radius 1 is 1.36 bits per heavy atom. The van der Waals surface area contributed by atoms with E-state index in [4.69, 9.17) is 4.74 Å². The molecule has 1 aromatic rings. The van der Waals surface area contributed by atoms with Crippen LogP contribution in [0.3, 0.4) is 0 Å². The van der Waals surface area contributed by atoms with E-state index in [1.807, 2.05) is 18.0 Å². The Kier molecular flexibility index (Phi) is 5.13. The fraction of sp³-hybridized carbons (Fsp3) is 0.765. The number of carbonyl (C=O) groups is 1. The van der Waals surface area contributed by atoms with Crippen LogP contribution in [-0.4, -0.2) is 46.7 Å².